The maximum Gasteiger partial charge on any atom is 0.303 e. The van der Waals surface area contributed by atoms with Gasteiger partial charge in [0.15, 0.2) is 18.2 Å². The van der Waals surface area contributed by atoms with Crippen molar-refractivity contribution in [2.24, 2.45) is 50.7 Å². The number of hydrogen-bond donors (Lipinski definition) is 4. The third kappa shape index (κ3) is 4.46. The number of esters is 1. The van der Waals surface area contributed by atoms with E-state index in [4.69, 9.17) is 18.9 Å². The average Bonchev–Trinajstić information content (AvgIpc) is 3.61. The highest BCUT2D eigenvalue weighted by Crippen LogP contribution is 2.89. The minimum absolute atomic E-state index is 0.0668. The second-order valence-corrected chi connectivity index (χ2v) is 18.4. The molecule has 0 aromatic rings. The lowest BCUT2D eigenvalue weighted by molar-refractivity contribution is -0.302. The van der Waals surface area contributed by atoms with E-state index in [2.05, 4.69) is 34.6 Å². The Morgan fingerprint density at radius 3 is 2.30 bits per heavy atom. The molecule has 0 aromatic carbocycles. The maximum absolute atomic E-state index is 15.0. The van der Waals surface area contributed by atoms with Gasteiger partial charge in [-0.15, -0.1) is 0 Å². The van der Waals surface area contributed by atoms with Crippen LogP contribution in [0.5, 0.6) is 0 Å². The number of rotatable bonds is 5. The van der Waals surface area contributed by atoms with Crippen molar-refractivity contribution in [3.63, 3.8) is 0 Å². The van der Waals surface area contributed by atoms with Crippen LogP contribution in [0.1, 0.15) is 107 Å². The van der Waals surface area contributed by atoms with Crippen LogP contribution in [-0.2, 0) is 28.5 Å². The van der Waals surface area contributed by atoms with Crippen LogP contribution in [0.2, 0.25) is 0 Å². The molecule has 4 N–H and O–H groups in total. The highest BCUT2D eigenvalue weighted by molar-refractivity contribution is 5.93. The zero-order valence-corrected chi connectivity index (χ0v) is 29.5. The Balaban J connectivity index is 1.15. The molecule has 0 aromatic heterocycles. The van der Waals surface area contributed by atoms with Gasteiger partial charge in [-0.2, -0.15) is 0 Å². The first-order valence-electron chi connectivity index (χ1n) is 18.2. The average molecular weight is 663 g/mol. The molecule has 7 fully saturated rings. The highest BCUT2D eigenvalue weighted by Gasteiger charge is 2.85. The number of hydrogen-bond acceptors (Lipinski definition) is 10. The summed E-state index contributed by atoms with van der Waals surface area (Å²) in [7, 11) is 0. The molecule has 2 heterocycles. The molecule has 1 unspecified atom stereocenters. The van der Waals surface area contributed by atoms with Gasteiger partial charge >= 0.3 is 5.97 Å². The molecule has 47 heavy (non-hydrogen) atoms. The Morgan fingerprint density at radius 1 is 0.979 bits per heavy atom. The maximum atomic E-state index is 15.0. The van der Waals surface area contributed by atoms with Crippen LogP contribution in [0.15, 0.2) is 0 Å². The molecule has 2 spiro atoms. The molecule has 266 valence electrons. The van der Waals surface area contributed by atoms with Crippen LogP contribution in [0.4, 0.5) is 0 Å². The Kier molecular flexibility index (Phi) is 7.80. The number of carbonyl (C=O) groups is 2. The predicted octanol–water partition coefficient (Wildman–Crippen LogP) is 3.53. The number of Topliss-reactive ketones (excluding diaryl/α,β-unsaturated/α-hetero) is 1. The molecule has 2 aliphatic heterocycles. The van der Waals surface area contributed by atoms with Gasteiger partial charge in [-0.25, -0.2) is 0 Å². The molecule has 16 atom stereocenters. The van der Waals surface area contributed by atoms with Crippen LogP contribution in [0.3, 0.4) is 0 Å². The standard InChI is InChI=1S/C37H58O10/c1-18-15-21(30(33(5,6)43)45-19(2)38)46-28-25(18)34(7)13-14-37-17-36(37)12-11-24(47-31-27(41)26(40)20(39)16-44-31)32(3,4)22(36)9-10-23(37)35(34,8)29(28)42/h18,20-28,30-31,39-41,43H,9-17H2,1-8H3/t18-,20?,21-,22+,23+,24+,25+,26+,27-,28+,30+,31+,34-,35-,36-,37+/m1/s1. The fourth-order valence-corrected chi connectivity index (χ4v) is 13.4. The topological polar surface area (TPSA) is 152 Å². The van der Waals surface area contributed by atoms with Crippen LogP contribution >= 0.6 is 0 Å². The van der Waals surface area contributed by atoms with E-state index in [0.29, 0.717) is 12.3 Å². The van der Waals surface area contributed by atoms with Gasteiger partial charge in [-0.05, 0) is 105 Å². The fourth-order valence-electron chi connectivity index (χ4n) is 13.4. The van der Waals surface area contributed by atoms with Gasteiger partial charge in [-0.3, -0.25) is 9.59 Å². The van der Waals surface area contributed by atoms with E-state index < -0.39 is 59.9 Å². The summed E-state index contributed by atoms with van der Waals surface area (Å²) < 4.78 is 24.4. The summed E-state index contributed by atoms with van der Waals surface area (Å²) in [5.74, 6) is 0.603. The molecular formula is C37H58O10. The fraction of sp³-hybridized carbons (Fsp3) is 0.946. The third-order valence-electron chi connectivity index (χ3n) is 15.6. The smallest absolute Gasteiger partial charge is 0.303 e. The number of aliphatic hydroxyl groups is 4. The van der Waals surface area contributed by atoms with Crippen LogP contribution in [0, 0.1) is 50.7 Å². The Morgan fingerprint density at radius 2 is 1.64 bits per heavy atom. The molecule has 5 saturated carbocycles. The molecular weight excluding hydrogens is 604 g/mol. The first-order chi connectivity index (χ1) is 21.8. The van der Waals surface area contributed by atoms with Gasteiger partial charge in [0.1, 0.15) is 24.4 Å². The predicted molar refractivity (Wildman–Crippen MR) is 170 cm³/mol. The van der Waals surface area contributed by atoms with Gasteiger partial charge in [0.05, 0.1) is 24.4 Å². The van der Waals surface area contributed by atoms with E-state index in [0.717, 1.165) is 44.9 Å². The van der Waals surface area contributed by atoms with Crippen molar-refractivity contribution in [2.45, 2.75) is 161 Å². The van der Waals surface area contributed by atoms with Crippen molar-refractivity contribution in [3.05, 3.63) is 0 Å². The number of fused-ring (bicyclic) bond motifs is 4. The molecule has 7 rings (SSSR count). The number of aliphatic hydroxyl groups excluding tert-OH is 3. The van der Waals surface area contributed by atoms with Gasteiger partial charge in [-0.1, -0.05) is 34.6 Å². The normalized spacial score (nSPS) is 53.9. The van der Waals surface area contributed by atoms with Gasteiger partial charge in [0.2, 0.25) is 0 Å². The Hall–Kier alpha value is -1.14. The second-order valence-electron chi connectivity index (χ2n) is 18.4. The summed E-state index contributed by atoms with van der Waals surface area (Å²) >= 11 is 0. The van der Waals surface area contributed by atoms with Crippen LogP contribution in [-0.4, -0.2) is 93.4 Å². The SMILES string of the molecule is CC(=O)O[C@@H]([C@H]1C[C@@H](C)[C@H]2[C@H](O1)C(=O)[C@@]1(C)[C@@H]3CC[C@H]4C(C)(C)[C@@H](O[C@@H]5OCC(O)[C@H](O)[C@H]5O)CC[C@@]45C[C@@]35CC[C@]21C)C(C)(C)O. The summed E-state index contributed by atoms with van der Waals surface area (Å²) in [6.07, 6.45) is 0.691. The van der Waals surface area contributed by atoms with Crippen molar-refractivity contribution in [3.8, 4) is 0 Å². The van der Waals surface area contributed by atoms with Gasteiger partial charge in [0, 0.05) is 18.3 Å². The van der Waals surface area contributed by atoms with Crippen LogP contribution < -0.4 is 0 Å². The zero-order chi connectivity index (χ0) is 34.3. The van der Waals surface area contributed by atoms with E-state index in [1.54, 1.807) is 13.8 Å². The number of ether oxygens (including phenoxy) is 4. The minimum atomic E-state index is -1.31. The largest absolute Gasteiger partial charge is 0.457 e. The summed E-state index contributed by atoms with van der Waals surface area (Å²) in [5, 5.41) is 41.8. The van der Waals surface area contributed by atoms with Crippen molar-refractivity contribution >= 4 is 11.8 Å². The van der Waals surface area contributed by atoms with Crippen LogP contribution in [0.25, 0.3) is 0 Å². The minimum Gasteiger partial charge on any atom is -0.457 e. The monoisotopic (exact) mass is 662 g/mol. The first kappa shape index (κ1) is 34.3. The summed E-state index contributed by atoms with van der Waals surface area (Å²) in [5.41, 5.74) is -2.06. The van der Waals surface area contributed by atoms with E-state index in [-0.39, 0.29) is 57.9 Å². The highest BCUT2D eigenvalue weighted by atomic mass is 16.7. The quantitative estimate of drug-likeness (QED) is 0.254. The molecule has 0 radical (unpaired) electrons. The van der Waals surface area contributed by atoms with E-state index >= 15 is 0 Å². The van der Waals surface area contributed by atoms with Crippen molar-refractivity contribution in [1.82, 2.24) is 0 Å². The van der Waals surface area contributed by atoms with Crippen molar-refractivity contribution < 1.29 is 49.0 Å². The summed E-state index contributed by atoms with van der Waals surface area (Å²) in [6.45, 7) is 15.9. The first-order valence-corrected chi connectivity index (χ1v) is 18.2. The van der Waals surface area contributed by atoms with E-state index in [1.807, 2.05) is 0 Å². The molecule has 7 aliphatic rings. The molecule has 10 heteroatoms. The lowest BCUT2D eigenvalue weighted by Gasteiger charge is -2.62. The molecule has 0 amide bonds. The van der Waals surface area contributed by atoms with Crippen molar-refractivity contribution in [1.29, 1.82) is 0 Å². The molecule has 0 bridgehead atoms. The van der Waals surface area contributed by atoms with Crippen molar-refractivity contribution in [2.75, 3.05) is 6.61 Å². The lowest BCUT2D eigenvalue weighted by atomic mass is 9.41. The third-order valence-corrected chi connectivity index (χ3v) is 15.6. The molecule has 10 nitrogen and oxygen atoms in total. The zero-order valence-electron chi connectivity index (χ0n) is 29.5. The Bertz CT molecular complexity index is 1290. The van der Waals surface area contributed by atoms with E-state index in [1.165, 1.54) is 6.92 Å². The second kappa shape index (κ2) is 10.7. The van der Waals surface area contributed by atoms with Gasteiger partial charge < -0.3 is 39.4 Å². The molecule has 5 aliphatic carbocycles. The van der Waals surface area contributed by atoms with E-state index in [9.17, 15) is 30.0 Å². The number of carbonyl (C=O) groups excluding carboxylic acids is 2. The van der Waals surface area contributed by atoms with Gasteiger partial charge in [0.25, 0.3) is 0 Å². The molecule has 2 saturated heterocycles. The number of ketones is 1. The summed E-state index contributed by atoms with van der Waals surface area (Å²) in [4.78, 5) is 27.0. The summed E-state index contributed by atoms with van der Waals surface area (Å²) in [6, 6.07) is 0. The Labute approximate surface area is 279 Å². The lowest BCUT2D eigenvalue weighted by Crippen LogP contribution is -2.60.